The van der Waals surface area contributed by atoms with Gasteiger partial charge in [-0.1, -0.05) is 35.3 Å². The van der Waals surface area contributed by atoms with Crippen LogP contribution < -0.4 is 0 Å². The first kappa shape index (κ1) is 34.0. The summed E-state index contributed by atoms with van der Waals surface area (Å²) in [5, 5.41) is -0.175. The summed E-state index contributed by atoms with van der Waals surface area (Å²) in [6, 6.07) is 11.5. The maximum atomic E-state index is 13.4. The summed E-state index contributed by atoms with van der Waals surface area (Å²) in [5.74, 6) is 0. The van der Waals surface area contributed by atoms with Crippen LogP contribution in [-0.4, -0.2) is 50.5 Å². The summed E-state index contributed by atoms with van der Waals surface area (Å²) in [7, 11) is -23.7. The van der Waals surface area contributed by atoms with E-state index in [1.54, 1.807) is 0 Å². The lowest BCUT2D eigenvalue weighted by Crippen LogP contribution is -2.09. The molecule has 0 aliphatic heterocycles. The summed E-state index contributed by atoms with van der Waals surface area (Å²) in [5.41, 5.74) is -0.109. The molecule has 0 spiro atoms. The van der Waals surface area contributed by atoms with Crippen molar-refractivity contribution in [2.24, 2.45) is 0 Å². The highest BCUT2D eigenvalue weighted by Gasteiger charge is 2.29. The minimum absolute atomic E-state index is 0.0544. The molecular weight excluding hydrogens is 744 g/mol. The second kappa shape index (κ2) is 12.9. The number of hydrogen-bond donors (Lipinski definition) is 4. The molecule has 0 bridgehead atoms. The minimum Gasteiger partial charge on any atom is -0.227 e. The van der Waals surface area contributed by atoms with Gasteiger partial charge in [0.05, 0.1) is 39.2 Å². The predicted molar refractivity (Wildman–Crippen MR) is 160 cm³/mol. The average molecular weight is 760 g/mol. The van der Waals surface area contributed by atoms with Gasteiger partial charge < -0.3 is 0 Å². The van der Waals surface area contributed by atoms with Crippen LogP contribution in [0.3, 0.4) is 0 Å². The van der Waals surface area contributed by atoms with Gasteiger partial charge in [0, 0.05) is 10.0 Å². The van der Waals surface area contributed by atoms with Crippen LogP contribution in [0.15, 0.2) is 112 Å². The zero-order valence-electron chi connectivity index (χ0n) is 21.2. The zero-order chi connectivity index (χ0) is 32.7. The molecule has 44 heavy (non-hydrogen) atoms. The molecule has 0 heterocycles. The zero-order valence-corrected chi connectivity index (χ0v) is 27.9. The molecule has 4 rings (SSSR count). The number of sulfone groups is 2. The van der Waals surface area contributed by atoms with Crippen molar-refractivity contribution < 1.29 is 50.5 Å². The average Bonchev–Trinajstić information content (AvgIpc) is 2.95. The normalized spacial score (nSPS) is 12.4. The van der Waals surface area contributed by atoms with Gasteiger partial charge in [-0.25, -0.2) is 50.5 Å². The monoisotopic (exact) mass is 758 g/mol. The molecule has 20 heteroatoms. The van der Waals surface area contributed by atoms with Crippen LogP contribution >= 0.6 is 23.2 Å². The summed E-state index contributed by atoms with van der Waals surface area (Å²) >= 11 is 11.6. The molecule has 0 saturated carbocycles. The Balaban J connectivity index is 1.91. The van der Waals surface area contributed by atoms with Crippen molar-refractivity contribution in [3.05, 3.63) is 82.8 Å². The molecule has 0 aliphatic rings. The maximum Gasteiger partial charge on any atom is 0.209 e. The lowest BCUT2D eigenvalue weighted by molar-refractivity contribution is 0.584. The predicted octanol–water partition coefficient (Wildman–Crippen LogP) is 2.21. The van der Waals surface area contributed by atoms with Gasteiger partial charge in [0.1, 0.15) is 0 Å². The van der Waals surface area contributed by atoms with E-state index < -0.39 is 102 Å². The van der Waals surface area contributed by atoms with E-state index in [4.69, 9.17) is 23.2 Å². The first-order chi connectivity index (χ1) is 20.5. The van der Waals surface area contributed by atoms with Crippen LogP contribution in [0.5, 0.6) is 0 Å². The van der Waals surface area contributed by atoms with Crippen molar-refractivity contribution in [1.82, 2.24) is 0 Å². The van der Waals surface area contributed by atoms with Gasteiger partial charge in [0.2, 0.25) is 19.7 Å². The van der Waals surface area contributed by atoms with Gasteiger partial charge in [-0.15, -0.1) is 0 Å². The second-order valence-electron chi connectivity index (χ2n) is 8.62. The van der Waals surface area contributed by atoms with E-state index >= 15 is 0 Å². The summed E-state index contributed by atoms with van der Waals surface area (Å²) in [4.78, 5) is -5.91. The molecule has 4 aromatic carbocycles. The molecule has 0 fully saturated rings. The van der Waals surface area contributed by atoms with Crippen LogP contribution in [0.2, 0.25) is 10.0 Å². The first-order valence-corrected chi connectivity index (χ1v) is 19.9. The van der Waals surface area contributed by atoms with Gasteiger partial charge in [0.25, 0.3) is 0 Å². The van der Waals surface area contributed by atoms with Crippen molar-refractivity contribution in [1.29, 1.82) is 0 Å². The number of halogens is 2. The lowest BCUT2D eigenvalue weighted by atomic mass is 10.1. The number of rotatable bonds is 9. The number of hydrogen-bond acceptors (Lipinski definition) is 12. The summed E-state index contributed by atoms with van der Waals surface area (Å²) < 4.78 is 149. The van der Waals surface area contributed by atoms with Crippen LogP contribution in [0.1, 0.15) is 0 Å². The third-order valence-electron chi connectivity index (χ3n) is 6.04. The summed E-state index contributed by atoms with van der Waals surface area (Å²) in [6.07, 6.45) is 0. The largest absolute Gasteiger partial charge is 0.227 e. The number of benzene rings is 4. The molecule has 4 aromatic rings. The first-order valence-electron chi connectivity index (χ1n) is 11.4. The number of thiol groups is 4. The summed E-state index contributed by atoms with van der Waals surface area (Å²) in [6.45, 7) is 0. The quantitative estimate of drug-likeness (QED) is 0.182. The van der Waals surface area contributed by atoms with Crippen molar-refractivity contribution in [3.63, 3.8) is 0 Å². The Morgan fingerprint density at radius 1 is 0.386 bits per heavy atom. The van der Waals surface area contributed by atoms with Gasteiger partial charge in [0.15, 0.2) is 42.8 Å². The third-order valence-corrected chi connectivity index (χ3v) is 13.9. The van der Waals surface area contributed by atoms with Crippen LogP contribution in [-0.2, 0) is 62.5 Å². The Morgan fingerprint density at radius 2 is 0.636 bits per heavy atom. The van der Waals surface area contributed by atoms with E-state index in [1.165, 1.54) is 0 Å². The van der Waals surface area contributed by atoms with Crippen molar-refractivity contribution in [3.8, 4) is 11.1 Å². The molecule has 0 radical (unpaired) electrons. The molecule has 0 unspecified atom stereocenters. The van der Waals surface area contributed by atoms with Gasteiger partial charge >= 0.3 is 0 Å². The molecule has 0 amide bonds. The fraction of sp³-hybridized carbons (Fsp3) is 0. The van der Waals surface area contributed by atoms with Gasteiger partial charge in [-0.05, 0) is 71.8 Å². The van der Waals surface area contributed by atoms with Gasteiger partial charge in [-0.3, -0.25) is 0 Å². The highest BCUT2D eigenvalue weighted by Crippen LogP contribution is 2.35. The van der Waals surface area contributed by atoms with Crippen LogP contribution in [0.4, 0.5) is 0 Å². The second-order valence-corrected chi connectivity index (χ2v) is 17.3. The van der Waals surface area contributed by atoms with E-state index in [0.717, 1.165) is 72.8 Å². The minimum atomic E-state index is -4.76. The topological polar surface area (TPSA) is 205 Å². The molecule has 0 aliphatic carbocycles. The molecule has 0 aromatic heterocycles. The molecule has 0 N–H and O–H groups in total. The Labute approximate surface area is 267 Å². The Kier molecular flexibility index (Phi) is 9.96. The Morgan fingerprint density at radius 3 is 0.909 bits per heavy atom. The molecule has 12 nitrogen and oxygen atoms in total. The Bertz CT molecular complexity index is 2210. The SMILES string of the molecule is O=[SH](=O)c1cc(Cl)ccc1S(=O)(=O)c1ccc(-c2ccc(S(=O)(=O)c3ccc(Cl)cc3[SH](=O)=O)c([SH](=O)=O)c2)cc1[SH](=O)=O. The third kappa shape index (κ3) is 6.57. The maximum absolute atomic E-state index is 13.4. The fourth-order valence-corrected chi connectivity index (χ4v) is 11.7. The van der Waals surface area contributed by atoms with E-state index in [-0.39, 0.29) is 21.2 Å². The van der Waals surface area contributed by atoms with Crippen molar-refractivity contribution in [2.45, 2.75) is 39.2 Å². The van der Waals surface area contributed by atoms with E-state index in [9.17, 15) is 50.5 Å². The standard InChI is InChI=1S/C24H16Cl2O12S6/c25-15-3-7-23(19(11-15)41(31)32)43(35,36)21-5-1-13(9-17(21)39(27)28)14-2-6-22(18(10-14)40(29)30)44(37,38)24-8-4-16(26)12-20(24)42(33)34/h1-12,39-42H. The lowest BCUT2D eigenvalue weighted by Gasteiger charge is -2.13. The van der Waals surface area contributed by atoms with E-state index in [0.29, 0.717) is 0 Å². The molecular formula is C24H16Cl2O12S6. The molecule has 234 valence electrons. The van der Waals surface area contributed by atoms with Crippen molar-refractivity contribution in [2.75, 3.05) is 0 Å². The molecule has 0 saturated heterocycles. The molecule has 0 atom stereocenters. The van der Waals surface area contributed by atoms with Gasteiger partial charge in [-0.2, -0.15) is 0 Å². The van der Waals surface area contributed by atoms with E-state index in [1.807, 2.05) is 0 Å². The Hall–Kier alpha value is -2.84. The van der Waals surface area contributed by atoms with E-state index in [2.05, 4.69) is 0 Å². The van der Waals surface area contributed by atoms with Crippen LogP contribution in [0, 0.1) is 0 Å². The van der Waals surface area contributed by atoms with Crippen molar-refractivity contribution >= 4 is 85.7 Å². The highest BCUT2D eigenvalue weighted by molar-refractivity contribution is 7.92. The fourth-order valence-electron chi connectivity index (χ4n) is 4.09. The smallest absolute Gasteiger partial charge is 0.209 e. The van der Waals surface area contributed by atoms with Crippen LogP contribution in [0.25, 0.3) is 11.1 Å². The highest BCUT2D eigenvalue weighted by atomic mass is 35.5.